The van der Waals surface area contributed by atoms with Crippen molar-refractivity contribution in [3.63, 3.8) is 0 Å². The fourth-order valence-electron chi connectivity index (χ4n) is 14.7. The van der Waals surface area contributed by atoms with Crippen molar-refractivity contribution >= 4 is 5.97 Å². The van der Waals surface area contributed by atoms with Crippen LogP contribution in [0.25, 0.3) is 0 Å². The van der Waals surface area contributed by atoms with Crippen molar-refractivity contribution in [3.8, 4) is 0 Å². The van der Waals surface area contributed by atoms with Gasteiger partial charge in [-0.1, -0.05) is 70.1 Å². The number of fused-ring (bicyclic) bond motifs is 2. The quantitative estimate of drug-likeness (QED) is 0.178. The van der Waals surface area contributed by atoms with Crippen LogP contribution in [-0.2, 0) is 9.47 Å². The Morgan fingerprint density at radius 3 is 2.29 bits per heavy atom. The molecule has 7 rings (SSSR count). The number of ether oxygens (including phenoxy) is 2. The molecule has 15 atom stereocenters. The first-order valence-electron chi connectivity index (χ1n) is 19.1. The molecule has 7 heteroatoms. The van der Waals surface area contributed by atoms with Gasteiger partial charge in [-0.05, 0) is 137 Å². The van der Waals surface area contributed by atoms with Gasteiger partial charge < -0.3 is 19.7 Å². The van der Waals surface area contributed by atoms with Crippen LogP contribution in [-0.4, -0.2) is 51.7 Å². The average Bonchev–Trinajstić information content (AvgIpc) is 3.24. The second-order valence-corrected chi connectivity index (χ2v) is 19.1. The van der Waals surface area contributed by atoms with E-state index in [0.29, 0.717) is 24.3 Å². The number of benzene rings is 1. The highest BCUT2D eigenvalue weighted by molar-refractivity contribution is 5.89. The highest BCUT2D eigenvalue weighted by Crippen LogP contribution is 2.91. The van der Waals surface area contributed by atoms with Crippen LogP contribution in [0.2, 0.25) is 0 Å². The van der Waals surface area contributed by atoms with Gasteiger partial charge in [0, 0.05) is 11.3 Å². The van der Waals surface area contributed by atoms with Crippen LogP contribution < -0.4 is 0 Å². The number of hydrogen-bond donors (Lipinski definition) is 2. The SMILES string of the molecule is C=C(C)C1C2[C@@H](C)[C@@H](OC(=O)c3ccccc3)CC[C@@]23[C@@H](C)[C@]32CC[C@]3(C)[C@@](C)([C@@]4(C)CC[C@@H](C(C)(C)O)O4)[C@@H](N=O)C[C@@]3(C)[C@@H]2C[C@@H]1O. The van der Waals surface area contributed by atoms with Crippen LogP contribution in [0.5, 0.6) is 0 Å². The summed E-state index contributed by atoms with van der Waals surface area (Å²) in [7, 11) is 0. The van der Waals surface area contributed by atoms with Crippen molar-refractivity contribution < 1.29 is 24.5 Å². The maximum Gasteiger partial charge on any atom is 0.338 e. The summed E-state index contributed by atoms with van der Waals surface area (Å²) in [5, 5.41) is 27.4. The standard InChI is InChI=1S/C42H61NO6/c1-24(2)33-28(44)22-30-37(7)23-31(43-47)40(10,39(9)18-17-32(49-39)36(5,6)46)38(37,8)20-21-41(30)26(4)42(41)19-16-29(25(3)34(33)42)48-35(45)27-14-12-11-13-15-27/h11-15,25-26,28-34,44,46H,1,16-23H2,2-10H3/t25-,26-,28-,29-,30-,31-,32-,33?,34?,37-,38-,39+,40-,41-,42+/m0/s1. The summed E-state index contributed by atoms with van der Waals surface area (Å²) in [5.41, 5.74) is -1.14. The predicted molar refractivity (Wildman–Crippen MR) is 191 cm³/mol. The van der Waals surface area contributed by atoms with E-state index in [4.69, 9.17) is 9.47 Å². The fraction of sp³-hybridized carbons (Fsp3) is 0.786. The first-order valence-corrected chi connectivity index (χ1v) is 19.1. The number of aliphatic hydroxyl groups is 2. The number of nitroso groups, excluding NO2 is 1. The zero-order valence-electron chi connectivity index (χ0n) is 31.4. The number of esters is 1. The molecule has 5 saturated carbocycles. The Morgan fingerprint density at radius 1 is 1.02 bits per heavy atom. The molecule has 2 unspecified atom stereocenters. The second-order valence-electron chi connectivity index (χ2n) is 19.1. The number of rotatable bonds is 6. The number of carbonyl (C=O) groups is 1. The highest BCUT2D eigenvalue weighted by atomic mass is 16.5. The van der Waals surface area contributed by atoms with Gasteiger partial charge in [-0.2, -0.15) is 4.91 Å². The van der Waals surface area contributed by atoms with Gasteiger partial charge in [0.2, 0.25) is 0 Å². The molecule has 0 radical (unpaired) electrons. The molecule has 0 amide bonds. The van der Waals surface area contributed by atoms with Crippen molar-refractivity contribution in [3.05, 3.63) is 53.0 Å². The summed E-state index contributed by atoms with van der Waals surface area (Å²) in [6.45, 7) is 24.2. The molecule has 1 heterocycles. The van der Waals surface area contributed by atoms with Crippen LogP contribution in [0.15, 0.2) is 47.7 Å². The minimum atomic E-state index is -0.976. The minimum Gasteiger partial charge on any atom is -0.458 e. The summed E-state index contributed by atoms with van der Waals surface area (Å²) >= 11 is 0. The molecular weight excluding hydrogens is 614 g/mol. The lowest BCUT2D eigenvalue weighted by Gasteiger charge is -2.63. The van der Waals surface area contributed by atoms with Gasteiger partial charge in [0.15, 0.2) is 0 Å². The summed E-state index contributed by atoms with van der Waals surface area (Å²) in [5.74, 6) is 0.428. The van der Waals surface area contributed by atoms with Crippen LogP contribution in [0, 0.1) is 61.6 Å². The molecule has 6 fully saturated rings. The van der Waals surface area contributed by atoms with Gasteiger partial charge >= 0.3 is 5.97 Å². The first kappa shape index (κ1) is 35.3. The van der Waals surface area contributed by atoms with E-state index in [1.54, 1.807) is 0 Å². The van der Waals surface area contributed by atoms with E-state index in [9.17, 15) is 19.9 Å². The van der Waals surface area contributed by atoms with E-state index in [1.165, 1.54) is 0 Å². The Morgan fingerprint density at radius 2 is 1.69 bits per heavy atom. The Balaban J connectivity index is 1.29. The van der Waals surface area contributed by atoms with E-state index in [2.05, 4.69) is 60.2 Å². The number of nitrogens with zero attached hydrogens (tertiary/aromatic N) is 1. The number of hydrogen-bond acceptors (Lipinski definition) is 7. The monoisotopic (exact) mass is 675 g/mol. The zero-order valence-corrected chi connectivity index (χ0v) is 31.4. The van der Waals surface area contributed by atoms with Gasteiger partial charge in [0.25, 0.3) is 0 Å². The smallest absolute Gasteiger partial charge is 0.338 e. The van der Waals surface area contributed by atoms with Crippen molar-refractivity contribution in [1.82, 2.24) is 0 Å². The third kappa shape index (κ3) is 4.22. The fourth-order valence-corrected chi connectivity index (χ4v) is 14.7. The lowest BCUT2D eigenvalue weighted by atomic mass is 9.42. The lowest BCUT2D eigenvalue weighted by molar-refractivity contribution is -0.218. The van der Waals surface area contributed by atoms with Gasteiger partial charge in [-0.25, -0.2) is 4.79 Å². The number of aliphatic hydroxyl groups excluding tert-OH is 1. The van der Waals surface area contributed by atoms with E-state index >= 15 is 0 Å². The molecule has 1 aliphatic heterocycles. The van der Waals surface area contributed by atoms with Crippen molar-refractivity contribution in [1.29, 1.82) is 0 Å². The molecule has 1 aromatic rings. The van der Waals surface area contributed by atoms with Crippen LogP contribution >= 0.6 is 0 Å². The average molecular weight is 676 g/mol. The molecule has 5 aliphatic carbocycles. The summed E-state index contributed by atoms with van der Waals surface area (Å²) in [6, 6.07) is 8.82. The normalized spacial score (nSPS) is 51.8. The molecule has 270 valence electrons. The van der Waals surface area contributed by atoms with E-state index in [1.807, 2.05) is 44.2 Å². The molecule has 2 N–H and O–H groups in total. The first-order chi connectivity index (χ1) is 22.8. The highest BCUT2D eigenvalue weighted by Gasteiger charge is 2.88. The number of carbonyl (C=O) groups excluding carboxylic acids is 1. The van der Waals surface area contributed by atoms with Gasteiger partial charge in [-0.15, -0.1) is 0 Å². The Labute approximate surface area is 294 Å². The maximum absolute atomic E-state index is 13.3. The van der Waals surface area contributed by atoms with Crippen LogP contribution in [0.4, 0.5) is 0 Å². The third-order valence-electron chi connectivity index (χ3n) is 17.5. The van der Waals surface area contributed by atoms with Gasteiger partial charge in [-0.3, -0.25) is 0 Å². The molecule has 49 heavy (non-hydrogen) atoms. The Bertz CT molecular complexity index is 1520. The summed E-state index contributed by atoms with van der Waals surface area (Å²) in [6.07, 6.45) is 5.49. The molecule has 1 aromatic carbocycles. The zero-order chi connectivity index (χ0) is 35.7. The maximum atomic E-state index is 13.3. The Hall–Kier alpha value is -2.09. The molecular formula is C42H61NO6. The summed E-state index contributed by atoms with van der Waals surface area (Å²) in [4.78, 5) is 26.4. The van der Waals surface area contributed by atoms with Gasteiger partial charge in [0.05, 0.1) is 29.0 Å². The van der Waals surface area contributed by atoms with Crippen LogP contribution in [0.1, 0.15) is 124 Å². The van der Waals surface area contributed by atoms with Crippen LogP contribution in [0.3, 0.4) is 0 Å². The van der Waals surface area contributed by atoms with E-state index in [0.717, 1.165) is 44.1 Å². The molecule has 6 aliphatic rings. The minimum absolute atomic E-state index is 0.00548. The predicted octanol–water partition coefficient (Wildman–Crippen LogP) is 8.51. The Kier molecular flexibility index (Phi) is 7.90. The van der Waals surface area contributed by atoms with E-state index < -0.39 is 28.8 Å². The lowest BCUT2D eigenvalue weighted by Crippen LogP contribution is -2.62. The van der Waals surface area contributed by atoms with Crippen molar-refractivity contribution in [2.24, 2.45) is 61.8 Å². The molecule has 2 spiro atoms. The van der Waals surface area contributed by atoms with Gasteiger partial charge in [0.1, 0.15) is 12.1 Å². The molecule has 1 saturated heterocycles. The summed E-state index contributed by atoms with van der Waals surface area (Å²) < 4.78 is 13.2. The topological polar surface area (TPSA) is 105 Å². The molecule has 0 bridgehead atoms. The molecule has 0 aromatic heterocycles. The van der Waals surface area contributed by atoms with E-state index in [-0.39, 0.29) is 63.5 Å². The largest absolute Gasteiger partial charge is 0.458 e. The third-order valence-corrected chi connectivity index (χ3v) is 17.5. The van der Waals surface area contributed by atoms with Crippen molar-refractivity contribution in [2.45, 2.75) is 149 Å². The molecule has 7 nitrogen and oxygen atoms in total. The second kappa shape index (κ2) is 11.0. The van der Waals surface area contributed by atoms with Crippen molar-refractivity contribution in [2.75, 3.05) is 0 Å².